The molecule has 3 nitrogen and oxygen atoms in total. The van der Waals surface area contributed by atoms with Gasteiger partial charge in [0.15, 0.2) is 0 Å². The highest BCUT2D eigenvalue weighted by molar-refractivity contribution is 5.54. The van der Waals surface area contributed by atoms with E-state index in [4.69, 9.17) is 0 Å². The molecule has 76 valence electrons. The van der Waals surface area contributed by atoms with Crippen molar-refractivity contribution in [3.05, 3.63) is 36.4 Å². The average molecular weight is 199 g/mol. The zero-order chi connectivity index (χ0) is 10.3. The Kier molecular flexibility index (Phi) is 1.84. The van der Waals surface area contributed by atoms with Crippen LogP contribution in [0.15, 0.2) is 30.7 Å². The zero-order valence-corrected chi connectivity index (χ0v) is 8.72. The average Bonchev–Trinajstić information content (AvgIpc) is 2.96. The lowest BCUT2D eigenvalue weighted by atomic mass is 10.2. The van der Waals surface area contributed by atoms with E-state index >= 15 is 0 Å². The van der Waals surface area contributed by atoms with Gasteiger partial charge in [-0.25, -0.2) is 4.98 Å². The molecule has 0 bridgehead atoms. The van der Waals surface area contributed by atoms with E-state index in [0.717, 1.165) is 17.1 Å². The molecule has 2 heterocycles. The first-order chi connectivity index (χ1) is 7.34. The van der Waals surface area contributed by atoms with Crippen LogP contribution in [0.3, 0.4) is 0 Å². The third-order valence-corrected chi connectivity index (χ3v) is 2.76. The highest BCUT2D eigenvalue weighted by Gasteiger charge is 2.25. The van der Waals surface area contributed by atoms with Crippen LogP contribution in [-0.2, 0) is 0 Å². The smallest absolute Gasteiger partial charge is 0.0953 e. The fourth-order valence-corrected chi connectivity index (χ4v) is 1.83. The van der Waals surface area contributed by atoms with Gasteiger partial charge in [-0.2, -0.15) is 0 Å². The summed E-state index contributed by atoms with van der Waals surface area (Å²) in [5.74, 6) is 0. The van der Waals surface area contributed by atoms with Gasteiger partial charge in [0, 0.05) is 11.7 Å². The van der Waals surface area contributed by atoms with E-state index in [-0.39, 0.29) is 0 Å². The fraction of sp³-hybridized carbons (Fsp3) is 0.333. The fourth-order valence-electron chi connectivity index (χ4n) is 1.83. The Hall–Kier alpha value is -1.64. The second-order valence-corrected chi connectivity index (χ2v) is 4.08. The molecule has 1 fully saturated rings. The van der Waals surface area contributed by atoms with Gasteiger partial charge in [0.1, 0.15) is 0 Å². The van der Waals surface area contributed by atoms with Gasteiger partial charge in [-0.1, -0.05) is 6.07 Å². The van der Waals surface area contributed by atoms with Gasteiger partial charge < -0.3 is 4.57 Å². The minimum absolute atomic E-state index is 0.657. The standard InChI is InChI=1S/C12H13N3/c1-9-3-2-4-11(14-9)12-7-13-8-15(12)10-5-6-10/h2-4,7-8,10H,5-6H2,1H3. The summed E-state index contributed by atoms with van der Waals surface area (Å²) in [7, 11) is 0. The maximum atomic E-state index is 4.53. The van der Waals surface area contributed by atoms with Gasteiger partial charge in [0.05, 0.1) is 23.9 Å². The predicted molar refractivity (Wildman–Crippen MR) is 58.5 cm³/mol. The van der Waals surface area contributed by atoms with Gasteiger partial charge in [-0.05, 0) is 31.9 Å². The molecule has 15 heavy (non-hydrogen) atoms. The minimum atomic E-state index is 0.657. The van der Waals surface area contributed by atoms with Crippen LogP contribution in [0.4, 0.5) is 0 Å². The topological polar surface area (TPSA) is 30.7 Å². The summed E-state index contributed by atoms with van der Waals surface area (Å²) in [4.78, 5) is 8.74. The van der Waals surface area contributed by atoms with Gasteiger partial charge in [-0.3, -0.25) is 4.98 Å². The molecule has 0 spiro atoms. The molecule has 0 unspecified atom stereocenters. The Morgan fingerprint density at radius 1 is 1.33 bits per heavy atom. The number of aromatic nitrogens is 3. The summed E-state index contributed by atoms with van der Waals surface area (Å²) < 4.78 is 2.24. The first-order valence-corrected chi connectivity index (χ1v) is 5.30. The monoisotopic (exact) mass is 199 g/mol. The molecule has 2 aromatic rings. The number of aryl methyl sites for hydroxylation is 1. The van der Waals surface area contributed by atoms with Crippen LogP contribution in [0.25, 0.3) is 11.4 Å². The summed E-state index contributed by atoms with van der Waals surface area (Å²) in [6.07, 6.45) is 6.36. The number of pyridine rings is 1. The predicted octanol–water partition coefficient (Wildman–Crippen LogP) is 2.59. The molecule has 0 N–H and O–H groups in total. The van der Waals surface area contributed by atoms with Crippen LogP contribution in [0.5, 0.6) is 0 Å². The van der Waals surface area contributed by atoms with E-state index in [1.807, 2.05) is 37.6 Å². The molecule has 0 aliphatic heterocycles. The molecule has 3 heteroatoms. The highest BCUT2D eigenvalue weighted by Crippen LogP contribution is 2.37. The summed E-state index contributed by atoms with van der Waals surface area (Å²) in [6, 6.07) is 6.76. The molecule has 0 aromatic carbocycles. The van der Waals surface area contributed by atoms with Crippen molar-refractivity contribution in [1.29, 1.82) is 0 Å². The van der Waals surface area contributed by atoms with Crippen LogP contribution < -0.4 is 0 Å². The number of imidazole rings is 1. The van der Waals surface area contributed by atoms with Gasteiger partial charge in [0.25, 0.3) is 0 Å². The van der Waals surface area contributed by atoms with Gasteiger partial charge in [-0.15, -0.1) is 0 Å². The molecular weight excluding hydrogens is 186 g/mol. The molecule has 0 radical (unpaired) electrons. The maximum Gasteiger partial charge on any atom is 0.0953 e. The van der Waals surface area contributed by atoms with Crippen LogP contribution in [-0.4, -0.2) is 14.5 Å². The third kappa shape index (κ3) is 1.54. The highest BCUT2D eigenvalue weighted by atomic mass is 15.1. The van der Waals surface area contributed by atoms with Gasteiger partial charge >= 0.3 is 0 Å². The zero-order valence-electron chi connectivity index (χ0n) is 8.72. The lowest BCUT2D eigenvalue weighted by Gasteiger charge is -2.05. The number of hydrogen-bond acceptors (Lipinski definition) is 2. The van der Waals surface area contributed by atoms with Crippen LogP contribution in [0, 0.1) is 6.92 Å². The van der Waals surface area contributed by atoms with E-state index in [1.54, 1.807) is 0 Å². The largest absolute Gasteiger partial charge is 0.326 e. The second kappa shape index (κ2) is 3.19. The molecule has 0 amide bonds. The number of nitrogens with zero attached hydrogens (tertiary/aromatic N) is 3. The SMILES string of the molecule is Cc1cccc(-c2cncn2C2CC2)n1. The van der Waals surface area contributed by atoms with Crippen molar-refractivity contribution in [2.75, 3.05) is 0 Å². The van der Waals surface area contributed by atoms with Crippen molar-refractivity contribution >= 4 is 0 Å². The van der Waals surface area contributed by atoms with E-state index in [9.17, 15) is 0 Å². The lowest BCUT2D eigenvalue weighted by molar-refractivity contribution is 0.745. The van der Waals surface area contributed by atoms with Crippen molar-refractivity contribution in [1.82, 2.24) is 14.5 Å². The summed E-state index contributed by atoms with van der Waals surface area (Å²) in [5, 5.41) is 0. The Bertz CT molecular complexity index is 483. The molecule has 3 rings (SSSR count). The quantitative estimate of drug-likeness (QED) is 0.744. The van der Waals surface area contributed by atoms with E-state index in [2.05, 4.69) is 14.5 Å². The molecule has 0 saturated heterocycles. The van der Waals surface area contributed by atoms with Crippen molar-refractivity contribution in [2.45, 2.75) is 25.8 Å². The van der Waals surface area contributed by atoms with Gasteiger partial charge in [0.2, 0.25) is 0 Å². The lowest BCUT2D eigenvalue weighted by Crippen LogP contribution is -1.96. The van der Waals surface area contributed by atoms with Crippen molar-refractivity contribution in [2.24, 2.45) is 0 Å². The van der Waals surface area contributed by atoms with Crippen molar-refractivity contribution in [3.8, 4) is 11.4 Å². The third-order valence-electron chi connectivity index (χ3n) is 2.76. The van der Waals surface area contributed by atoms with Crippen LogP contribution in [0.1, 0.15) is 24.6 Å². The Balaban J connectivity index is 2.07. The maximum absolute atomic E-state index is 4.53. The number of hydrogen-bond donors (Lipinski definition) is 0. The second-order valence-electron chi connectivity index (χ2n) is 4.08. The molecule has 0 atom stereocenters. The minimum Gasteiger partial charge on any atom is -0.326 e. The Morgan fingerprint density at radius 3 is 2.93 bits per heavy atom. The van der Waals surface area contributed by atoms with Crippen molar-refractivity contribution in [3.63, 3.8) is 0 Å². The van der Waals surface area contributed by atoms with Crippen molar-refractivity contribution < 1.29 is 0 Å². The first kappa shape index (κ1) is 8.65. The van der Waals surface area contributed by atoms with E-state index in [1.165, 1.54) is 12.8 Å². The first-order valence-electron chi connectivity index (χ1n) is 5.30. The molecule has 2 aromatic heterocycles. The Morgan fingerprint density at radius 2 is 2.20 bits per heavy atom. The number of rotatable bonds is 2. The summed E-state index contributed by atoms with van der Waals surface area (Å²) in [6.45, 7) is 2.02. The Labute approximate surface area is 88.8 Å². The van der Waals surface area contributed by atoms with E-state index in [0.29, 0.717) is 6.04 Å². The molecule has 1 saturated carbocycles. The van der Waals surface area contributed by atoms with Crippen LogP contribution in [0.2, 0.25) is 0 Å². The molecule has 1 aliphatic carbocycles. The summed E-state index contributed by atoms with van der Waals surface area (Å²) >= 11 is 0. The van der Waals surface area contributed by atoms with Crippen LogP contribution >= 0.6 is 0 Å². The van der Waals surface area contributed by atoms with E-state index < -0.39 is 0 Å². The molecular formula is C12H13N3. The molecule has 1 aliphatic rings. The summed E-state index contributed by atoms with van der Waals surface area (Å²) in [5.41, 5.74) is 3.22. The normalized spacial score (nSPS) is 15.5.